The molecule has 0 radical (unpaired) electrons. The molecule has 13 heteroatoms. The lowest BCUT2D eigenvalue weighted by Gasteiger charge is -2.14. The molecule has 0 bridgehead atoms. The van der Waals surface area contributed by atoms with E-state index in [4.69, 9.17) is 24.9 Å². The van der Waals surface area contributed by atoms with Crippen LogP contribution in [-0.2, 0) is 0 Å². The highest BCUT2D eigenvalue weighted by Gasteiger charge is 2.25. The lowest BCUT2D eigenvalue weighted by atomic mass is 10.1. The fraction of sp³-hybridized carbons (Fsp3) is 0. The van der Waals surface area contributed by atoms with E-state index in [1.165, 1.54) is 104 Å². The number of benzene rings is 13. The highest BCUT2D eigenvalue weighted by Crippen LogP contribution is 2.48. The fourth-order valence-corrected chi connectivity index (χ4v) is 20.2. The largest absolute Gasteiger partial charge is 0.309 e. The summed E-state index contributed by atoms with van der Waals surface area (Å²) in [7, 11) is 0. The van der Waals surface area contributed by atoms with Crippen molar-refractivity contribution in [3.8, 4) is 74.0 Å². The van der Waals surface area contributed by atoms with Gasteiger partial charge in [0.1, 0.15) is 0 Å². The van der Waals surface area contributed by atoms with Gasteiger partial charge in [0.15, 0.2) is 5.82 Å². The van der Waals surface area contributed by atoms with Gasteiger partial charge in [-0.2, -0.15) is 0 Å². The topological polar surface area (TPSA) is 105 Å². The van der Waals surface area contributed by atoms with Crippen LogP contribution in [0.15, 0.2) is 364 Å². The zero-order chi connectivity index (χ0) is 73.7. The fourth-order valence-electron chi connectivity index (χ4n) is 16.4. The molecule has 0 unspecified atom stereocenters. The molecule has 0 amide bonds. The molecule has 0 saturated carbocycles. The Bertz CT molecular complexity index is 7760. The number of fused-ring (bicyclic) bond motifs is 22. The van der Waals surface area contributed by atoms with E-state index in [1.807, 2.05) is 125 Å². The molecule has 0 N–H and O–H groups in total. The second-order valence-corrected chi connectivity index (χ2v) is 31.0. The summed E-state index contributed by atoms with van der Waals surface area (Å²) in [6.07, 6.45) is 5.60. The number of thiophene rings is 3. The Morgan fingerprint density at radius 1 is 0.241 bits per heavy atom. The van der Waals surface area contributed by atoms with Crippen molar-refractivity contribution in [2.75, 3.05) is 0 Å². The molecular formula is C99H60N10S3. The molecule has 11 aromatic heterocycles. The minimum atomic E-state index is 0.694. The van der Waals surface area contributed by atoms with Gasteiger partial charge < -0.3 is 9.13 Å². The minimum Gasteiger partial charge on any atom is -0.309 e. The maximum atomic E-state index is 5.19. The van der Waals surface area contributed by atoms with E-state index in [0.717, 1.165) is 101 Å². The number of aromatic nitrogens is 10. The van der Waals surface area contributed by atoms with Crippen molar-refractivity contribution in [3.63, 3.8) is 0 Å². The minimum absolute atomic E-state index is 0.694. The first-order valence-corrected chi connectivity index (χ1v) is 39.7. The molecule has 13 aromatic carbocycles. The molecule has 24 rings (SSSR count). The van der Waals surface area contributed by atoms with E-state index in [0.29, 0.717) is 5.95 Å². The molecule has 10 nitrogen and oxygen atoms in total. The average Bonchev–Trinajstić information content (AvgIpc) is 1.57. The van der Waals surface area contributed by atoms with Gasteiger partial charge in [0.25, 0.3) is 0 Å². The third-order valence-electron chi connectivity index (χ3n) is 21.4. The van der Waals surface area contributed by atoms with Gasteiger partial charge in [-0.05, 0) is 97.1 Å². The van der Waals surface area contributed by atoms with E-state index in [2.05, 4.69) is 297 Å². The number of pyridine rings is 3. The van der Waals surface area contributed by atoms with Crippen LogP contribution in [0.1, 0.15) is 0 Å². The number of hydrogen-bond donors (Lipinski definition) is 0. The Morgan fingerprint density at radius 3 is 1.12 bits per heavy atom. The number of para-hydroxylation sites is 4. The van der Waals surface area contributed by atoms with Crippen molar-refractivity contribution in [1.82, 2.24) is 48.6 Å². The van der Waals surface area contributed by atoms with Crippen molar-refractivity contribution in [1.29, 1.82) is 0 Å². The van der Waals surface area contributed by atoms with Crippen molar-refractivity contribution in [2.24, 2.45) is 0 Å². The smallest absolute Gasteiger partial charge is 0.235 e. The second kappa shape index (κ2) is 26.9. The van der Waals surface area contributed by atoms with Gasteiger partial charge >= 0.3 is 0 Å². The molecule has 0 aliphatic rings. The third kappa shape index (κ3) is 10.8. The SMILES string of the molecule is c1ccc(-c2cc(-n3c4ccccc4c4c5sc6ccccc6c5ccc43)cc(-c3ccccn3)n2)nc1.c1ccc(-c2nc(-n3c4ccccc4c4c5sc6ccccc6c5ccc43)nc3ccccc23)cc1.c1ccc(-c2ncc(-n3c4ccccc4c4c5sc6ccccc6c5ccc43)c(-c3ccccc3)n2)cc1. The molecule has 0 aliphatic heterocycles. The van der Waals surface area contributed by atoms with Gasteiger partial charge in [-0.3, -0.25) is 14.5 Å². The Balaban J connectivity index is 0.000000103. The molecule has 0 spiro atoms. The molecule has 0 atom stereocenters. The zero-order valence-corrected chi connectivity index (χ0v) is 62.3. The highest BCUT2D eigenvalue weighted by molar-refractivity contribution is 7.27. The van der Waals surface area contributed by atoms with E-state index in [1.54, 1.807) is 0 Å². The Labute approximate surface area is 653 Å². The molecule has 0 aliphatic carbocycles. The summed E-state index contributed by atoms with van der Waals surface area (Å²) >= 11 is 5.60. The van der Waals surface area contributed by atoms with Crippen LogP contribution in [0.2, 0.25) is 0 Å². The number of nitrogens with zero attached hydrogens (tertiary/aromatic N) is 10. The summed E-state index contributed by atoms with van der Waals surface area (Å²) in [5, 5.41) is 16.4. The summed E-state index contributed by atoms with van der Waals surface area (Å²) in [4.78, 5) is 34.5. The van der Waals surface area contributed by atoms with Crippen LogP contribution in [-0.4, -0.2) is 48.6 Å². The van der Waals surface area contributed by atoms with Gasteiger partial charge in [0, 0.05) is 127 Å². The average molecular weight is 1490 g/mol. The van der Waals surface area contributed by atoms with Crippen LogP contribution < -0.4 is 0 Å². The van der Waals surface area contributed by atoms with Gasteiger partial charge in [-0.25, -0.2) is 24.9 Å². The van der Waals surface area contributed by atoms with E-state index < -0.39 is 0 Å². The summed E-state index contributed by atoms with van der Waals surface area (Å²) in [5.74, 6) is 1.42. The Kier molecular flexibility index (Phi) is 15.6. The van der Waals surface area contributed by atoms with E-state index >= 15 is 0 Å². The molecular weight excluding hydrogens is 1430 g/mol. The molecule has 24 aromatic rings. The van der Waals surface area contributed by atoms with Crippen LogP contribution in [0.5, 0.6) is 0 Å². The standard InChI is InChI=1S/C34H21N3S.C33H20N4S.C32H19N3S/c1-3-11-22(12-4-1)32-29(21-35-34(36-32)23-13-5-2-6-14-23)37-27-17-9-7-16-26(27)31-28(37)20-19-25-24-15-8-10-18-30(24)38-33(25)31;1-3-13-29-24(10-1)32-30(16-15-23-22-9-2-4-14-31(22)38-33(23)32)37(29)21-19-27(25-11-5-7-17-34-25)36-28(20-21)26-12-6-8-18-35-26;1-2-10-20(11-3-1)30-23-13-4-7-15-25(23)33-32(34-30)35-26-16-8-5-14-24(26)29-27(35)19-18-22-21-12-6-9-17-28(21)36-31(22)29/h1-21H;1-20H;1-19H. The second-order valence-electron chi connectivity index (χ2n) is 27.8. The summed E-state index contributed by atoms with van der Waals surface area (Å²) in [6, 6.07) is 121. The van der Waals surface area contributed by atoms with Gasteiger partial charge in [-0.15, -0.1) is 34.0 Å². The summed E-state index contributed by atoms with van der Waals surface area (Å²) in [6.45, 7) is 0. The highest BCUT2D eigenvalue weighted by atomic mass is 32.1. The van der Waals surface area contributed by atoms with Crippen LogP contribution in [0, 0.1) is 0 Å². The van der Waals surface area contributed by atoms with E-state index in [9.17, 15) is 0 Å². The molecule has 11 heterocycles. The predicted molar refractivity (Wildman–Crippen MR) is 470 cm³/mol. The van der Waals surface area contributed by atoms with Gasteiger partial charge in [0.2, 0.25) is 5.95 Å². The first kappa shape index (κ1) is 64.9. The summed E-state index contributed by atoms with van der Waals surface area (Å²) < 4.78 is 14.8. The number of hydrogen-bond acceptors (Lipinski definition) is 10. The van der Waals surface area contributed by atoms with Gasteiger partial charge in [0.05, 0.1) is 90.4 Å². The summed E-state index contributed by atoms with van der Waals surface area (Å²) in [5.41, 5.74) is 18.2. The first-order chi connectivity index (χ1) is 55.6. The van der Waals surface area contributed by atoms with E-state index in [-0.39, 0.29) is 0 Å². The molecule has 112 heavy (non-hydrogen) atoms. The molecule has 524 valence electrons. The lowest BCUT2D eigenvalue weighted by molar-refractivity contribution is 1.01. The van der Waals surface area contributed by atoms with Crippen LogP contribution in [0.4, 0.5) is 0 Å². The van der Waals surface area contributed by atoms with Crippen molar-refractivity contribution in [2.45, 2.75) is 0 Å². The predicted octanol–water partition coefficient (Wildman–Crippen LogP) is 26.7. The Hall–Kier alpha value is -14.2. The first-order valence-electron chi connectivity index (χ1n) is 37.2. The van der Waals surface area contributed by atoms with Crippen LogP contribution in [0.25, 0.3) is 211 Å². The molecule has 0 fully saturated rings. The van der Waals surface area contributed by atoms with Crippen molar-refractivity contribution in [3.05, 3.63) is 364 Å². The van der Waals surface area contributed by atoms with Crippen LogP contribution in [0.3, 0.4) is 0 Å². The van der Waals surface area contributed by atoms with Crippen molar-refractivity contribution >= 4 is 171 Å². The molecule has 0 saturated heterocycles. The lowest BCUT2D eigenvalue weighted by Crippen LogP contribution is -2.03. The number of rotatable bonds is 8. The maximum Gasteiger partial charge on any atom is 0.235 e. The maximum absolute atomic E-state index is 5.19. The normalized spacial score (nSPS) is 11.8. The van der Waals surface area contributed by atoms with Gasteiger partial charge in [-0.1, -0.05) is 249 Å². The van der Waals surface area contributed by atoms with Crippen molar-refractivity contribution < 1.29 is 0 Å². The van der Waals surface area contributed by atoms with Crippen LogP contribution >= 0.6 is 34.0 Å². The quantitative estimate of drug-likeness (QED) is 0.149. The zero-order valence-electron chi connectivity index (χ0n) is 59.8. The monoisotopic (exact) mass is 1480 g/mol. The third-order valence-corrected chi connectivity index (χ3v) is 25.0. The Morgan fingerprint density at radius 2 is 0.634 bits per heavy atom.